The molecule has 2 nitrogen and oxygen atoms in total. The predicted molar refractivity (Wildman–Crippen MR) is 140 cm³/mol. The molecule has 0 N–H and O–H groups in total. The molecule has 0 heterocycles. The highest BCUT2D eigenvalue weighted by Gasteiger charge is 2.49. The Morgan fingerprint density at radius 3 is 1.78 bits per heavy atom. The lowest BCUT2D eigenvalue weighted by Crippen LogP contribution is -2.66. The molecular weight excluding hydrogens is 428 g/mol. The minimum absolute atomic E-state index is 0.0377. The Hall–Kier alpha value is -2.27. The molecule has 0 aliphatic rings. The zero-order valence-electron chi connectivity index (χ0n) is 19.5. The second-order valence-electron chi connectivity index (χ2n) is 9.20. The molecular formula is C28H34O2SSi. The summed E-state index contributed by atoms with van der Waals surface area (Å²) in [4.78, 5) is 0.885. The van der Waals surface area contributed by atoms with E-state index < -0.39 is 19.1 Å². The topological polar surface area (TPSA) is 26.3 Å². The van der Waals surface area contributed by atoms with Gasteiger partial charge in [-0.1, -0.05) is 119 Å². The van der Waals surface area contributed by atoms with E-state index in [0.717, 1.165) is 4.90 Å². The first-order valence-corrected chi connectivity index (χ1v) is 14.4. The second-order valence-corrected chi connectivity index (χ2v) is 15.0. The molecule has 0 aliphatic carbocycles. The van der Waals surface area contributed by atoms with Crippen molar-refractivity contribution in [2.24, 2.45) is 5.92 Å². The zero-order chi connectivity index (χ0) is 23.0. The molecule has 0 bridgehead atoms. The Morgan fingerprint density at radius 1 is 0.844 bits per heavy atom. The Kier molecular flexibility index (Phi) is 8.41. The zero-order valence-corrected chi connectivity index (χ0v) is 21.3. The van der Waals surface area contributed by atoms with Crippen molar-refractivity contribution in [1.29, 1.82) is 0 Å². The molecule has 2 atom stereocenters. The van der Waals surface area contributed by atoms with Crippen LogP contribution in [0.25, 0.3) is 0 Å². The lowest BCUT2D eigenvalue weighted by atomic mass is 10.2. The fourth-order valence-electron chi connectivity index (χ4n) is 4.19. The van der Waals surface area contributed by atoms with E-state index in [1.54, 1.807) is 0 Å². The van der Waals surface area contributed by atoms with Gasteiger partial charge in [-0.05, 0) is 33.5 Å². The second kappa shape index (κ2) is 11.0. The molecule has 4 heteroatoms. The predicted octanol–water partition coefficient (Wildman–Crippen LogP) is 5.56. The van der Waals surface area contributed by atoms with Crippen LogP contribution in [0.15, 0.2) is 108 Å². The van der Waals surface area contributed by atoms with Crippen LogP contribution >= 0.6 is 0 Å². The van der Waals surface area contributed by atoms with Crippen LogP contribution in [0.3, 0.4) is 0 Å². The maximum atomic E-state index is 12.6. The molecule has 0 fully saturated rings. The summed E-state index contributed by atoms with van der Waals surface area (Å²) in [6.07, 6.45) is 4.24. The van der Waals surface area contributed by atoms with Gasteiger partial charge in [0.1, 0.15) is 0 Å². The van der Waals surface area contributed by atoms with Crippen molar-refractivity contribution in [3.8, 4) is 0 Å². The molecule has 3 aromatic rings. The highest BCUT2D eigenvalue weighted by atomic mass is 32.2. The van der Waals surface area contributed by atoms with Gasteiger partial charge in [0.2, 0.25) is 0 Å². The summed E-state index contributed by atoms with van der Waals surface area (Å²) in [5, 5.41) is 2.53. The van der Waals surface area contributed by atoms with Gasteiger partial charge in [0.15, 0.2) is 0 Å². The van der Waals surface area contributed by atoms with E-state index in [-0.39, 0.29) is 11.0 Å². The average molecular weight is 463 g/mol. The van der Waals surface area contributed by atoms with Crippen molar-refractivity contribution >= 4 is 29.5 Å². The molecule has 3 aromatic carbocycles. The number of hydrogen-bond acceptors (Lipinski definition) is 2. The van der Waals surface area contributed by atoms with Gasteiger partial charge in [-0.2, -0.15) is 0 Å². The normalized spacial score (nSPS) is 14.4. The van der Waals surface area contributed by atoms with Gasteiger partial charge in [-0.3, -0.25) is 4.21 Å². The number of hydrogen-bond donors (Lipinski definition) is 0. The fourth-order valence-corrected chi connectivity index (χ4v) is 9.93. The van der Waals surface area contributed by atoms with Crippen LogP contribution in [-0.4, -0.2) is 24.9 Å². The fraction of sp³-hybridized carbons (Fsp3) is 0.286. The minimum atomic E-state index is -2.52. The smallest absolute Gasteiger partial charge is 0.261 e. The summed E-state index contributed by atoms with van der Waals surface area (Å²) < 4.78 is 19.5. The summed E-state index contributed by atoms with van der Waals surface area (Å²) in [5.41, 5.74) is 0. The average Bonchev–Trinajstić information content (AvgIpc) is 2.80. The van der Waals surface area contributed by atoms with Gasteiger partial charge in [-0.25, -0.2) is 0 Å². The molecule has 0 saturated carbocycles. The van der Waals surface area contributed by atoms with Gasteiger partial charge in [-0.15, -0.1) is 0 Å². The van der Waals surface area contributed by atoms with E-state index >= 15 is 0 Å². The highest BCUT2D eigenvalue weighted by Crippen LogP contribution is 2.36. The molecule has 0 aromatic heterocycles. The first-order chi connectivity index (χ1) is 15.3. The van der Waals surface area contributed by atoms with Gasteiger partial charge >= 0.3 is 0 Å². The standard InChI is InChI=1S/C28H34O2SSi/c1-24(23-31(29)25-16-8-5-9-17-25)15-14-22-30-32(28(2,3)4,26-18-10-6-11-19-26)27-20-12-7-13-21-27/h5-21,24H,22-23H2,1-4H3/b15-14-/t24-,31+/m0/s1. The SMILES string of the molecule is C[C@@H](/C=C\CO[Si](c1ccccc1)(c1ccccc1)C(C)(C)C)C[S@@](=O)c1ccccc1. The van der Waals surface area contributed by atoms with Crippen molar-refractivity contribution < 1.29 is 8.63 Å². The molecule has 0 saturated heterocycles. The van der Waals surface area contributed by atoms with Crippen molar-refractivity contribution in [3.05, 3.63) is 103 Å². The van der Waals surface area contributed by atoms with E-state index in [0.29, 0.717) is 12.4 Å². The minimum Gasteiger partial charge on any atom is -0.404 e. The summed E-state index contributed by atoms with van der Waals surface area (Å²) in [6, 6.07) is 31.0. The Morgan fingerprint density at radius 2 is 1.31 bits per heavy atom. The Balaban J connectivity index is 1.78. The van der Waals surface area contributed by atoms with Crippen LogP contribution in [0.4, 0.5) is 0 Å². The third-order valence-electron chi connectivity index (χ3n) is 5.70. The molecule has 3 rings (SSSR count). The Labute approximate surface area is 196 Å². The largest absolute Gasteiger partial charge is 0.404 e. The van der Waals surface area contributed by atoms with Crippen molar-refractivity contribution in [2.75, 3.05) is 12.4 Å². The molecule has 0 amide bonds. The number of benzene rings is 3. The van der Waals surface area contributed by atoms with Gasteiger partial charge < -0.3 is 4.43 Å². The van der Waals surface area contributed by atoms with Gasteiger partial charge in [0, 0.05) is 10.6 Å². The number of allylic oxidation sites excluding steroid dienone is 1. The lowest BCUT2D eigenvalue weighted by molar-refractivity contribution is 0.338. The lowest BCUT2D eigenvalue weighted by Gasteiger charge is -2.42. The molecule has 0 unspecified atom stereocenters. The third kappa shape index (κ3) is 5.74. The maximum Gasteiger partial charge on any atom is 0.261 e. The molecule has 0 radical (unpaired) electrons. The van der Waals surface area contributed by atoms with Crippen molar-refractivity contribution in [3.63, 3.8) is 0 Å². The van der Waals surface area contributed by atoms with E-state index in [1.807, 2.05) is 30.3 Å². The monoisotopic (exact) mass is 462 g/mol. The number of rotatable bonds is 9. The molecule has 0 aliphatic heterocycles. The first-order valence-electron chi connectivity index (χ1n) is 11.2. The van der Waals surface area contributed by atoms with Crippen LogP contribution in [0.1, 0.15) is 27.7 Å². The summed E-state index contributed by atoms with van der Waals surface area (Å²) in [5.74, 6) is 0.818. The van der Waals surface area contributed by atoms with Crippen LogP contribution in [0, 0.1) is 5.92 Å². The summed E-state index contributed by atoms with van der Waals surface area (Å²) >= 11 is 0. The first kappa shape index (κ1) is 24.4. The van der Waals surface area contributed by atoms with Gasteiger partial charge in [0.25, 0.3) is 8.32 Å². The summed E-state index contributed by atoms with van der Waals surface area (Å²) in [6.45, 7) is 9.51. The third-order valence-corrected chi connectivity index (χ3v) is 12.3. The quantitative estimate of drug-likeness (QED) is 0.307. The van der Waals surface area contributed by atoms with E-state index in [4.69, 9.17) is 4.43 Å². The van der Waals surface area contributed by atoms with Gasteiger partial charge in [0.05, 0.1) is 17.4 Å². The maximum absolute atomic E-state index is 12.6. The molecule has 168 valence electrons. The highest BCUT2D eigenvalue weighted by molar-refractivity contribution is 7.85. The van der Waals surface area contributed by atoms with Crippen LogP contribution in [0.2, 0.25) is 5.04 Å². The van der Waals surface area contributed by atoms with Crippen LogP contribution < -0.4 is 10.4 Å². The Bertz CT molecular complexity index is 972. The van der Waals surface area contributed by atoms with E-state index in [9.17, 15) is 4.21 Å². The molecule has 0 spiro atoms. The summed E-state index contributed by atoms with van der Waals surface area (Å²) in [7, 11) is -3.51. The van der Waals surface area contributed by atoms with Crippen LogP contribution in [0.5, 0.6) is 0 Å². The van der Waals surface area contributed by atoms with Crippen molar-refractivity contribution in [2.45, 2.75) is 37.6 Å². The van der Waals surface area contributed by atoms with Crippen LogP contribution in [-0.2, 0) is 15.2 Å². The molecule has 32 heavy (non-hydrogen) atoms. The van der Waals surface area contributed by atoms with E-state index in [1.165, 1.54) is 10.4 Å². The van der Waals surface area contributed by atoms with E-state index in [2.05, 4.69) is 101 Å². The van der Waals surface area contributed by atoms with Crippen molar-refractivity contribution in [1.82, 2.24) is 0 Å².